The number of ether oxygens (including phenoxy) is 2. The molecule has 7 heteroatoms. The van der Waals surface area contributed by atoms with Crippen LogP contribution in [0, 0.1) is 0 Å². The molecule has 0 spiro atoms. The molecule has 0 aliphatic carbocycles. The highest BCUT2D eigenvalue weighted by atomic mass is 16.5. The standard InChI is InChI=1S/C21H25N3O4/c1-3-5-14-28-19-10-6-16(7-11-19)15-22-24-21(26)20(25)23-17-8-12-18(13-9-17)27-4-2/h6-13,15H,3-5,14H2,1-2H3,(H,23,25)(H,24,26)/b22-15+. The van der Waals surface area contributed by atoms with Crippen molar-refractivity contribution >= 4 is 23.7 Å². The summed E-state index contributed by atoms with van der Waals surface area (Å²) in [6.45, 7) is 5.23. The first-order chi connectivity index (χ1) is 13.6. The number of carbonyl (C=O) groups excluding carboxylic acids is 2. The maximum atomic E-state index is 11.9. The van der Waals surface area contributed by atoms with Gasteiger partial charge in [-0.05, 0) is 67.4 Å². The Morgan fingerprint density at radius 3 is 2.21 bits per heavy atom. The summed E-state index contributed by atoms with van der Waals surface area (Å²) in [5.41, 5.74) is 3.47. The molecule has 7 nitrogen and oxygen atoms in total. The van der Waals surface area contributed by atoms with Crippen molar-refractivity contribution in [3.63, 3.8) is 0 Å². The lowest BCUT2D eigenvalue weighted by molar-refractivity contribution is -0.136. The van der Waals surface area contributed by atoms with Gasteiger partial charge in [-0.3, -0.25) is 9.59 Å². The number of benzene rings is 2. The van der Waals surface area contributed by atoms with E-state index >= 15 is 0 Å². The Kier molecular flexibility index (Phi) is 8.52. The summed E-state index contributed by atoms with van der Waals surface area (Å²) in [4.78, 5) is 23.7. The molecule has 2 aromatic rings. The number of unbranched alkanes of at least 4 members (excludes halogenated alkanes) is 1. The van der Waals surface area contributed by atoms with Crippen LogP contribution in [0.15, 0.2) is 53.6 Å². The van der Waals surface area contributed by atoms with Crippen LogP contribution in [0.5, 0.6) is 11.5 Å². The lowest BCUT2D eigenvalue weighted by Crippen LogP contribution is -2.32. The summed E-state index contributed by atoms with van der Waals surface area (Å²) >= 11 is 0. The molecule has 0 aliphatic rings. The first-order valence-corrected chi connectivity index (χ1v) is 9.22. The maximum absolute atomic E-state index is 11.9. The zero-order valence-corrected chi connectivity index (χ0v) is 16.1. The van der Waals surface area contributed by atoms with Crippen LogP contribution in [0.4, 0.5) is 5.69 Å². The van der Waals surface area contributed by atoms with Crippen molar-refractivity contribution in [3.05, 3.63) is 54.1 Å². The van der Waals surface area contributed by atoms with E-state index in [1.165, 1.54) is 6.21 Å². The third kappa shape index (κ3) is 7.11. The number of rotatable bonds is 9. The maximum Gasteiger partial charge on any atom is 0.329 e. The van der Waals surface area contributed by atoms with Crippen molar-refractivity contribution in [2.45, 2.75) is 26.7 Å². The minimum absolute atomic E-state index is 0.492. The third-order valence-electron chi connectivity index (χ3n) is 3.66. The van der Waals surface area contributed by atoms with E-state index in [9.17, 15) is 9.59 Å². The number of anilines is 1. The molecule has 0 aliphatic heterocycles. The highest BCUT2D eigenvalue weighted by Gasteiger charge is 2.12. The van der Waals surface area contributed by atoms with Gasteiger partial charge < -0.3 is 14.8 Å². The Morgan fingerprint density at radius 2 is 1.57 bits per heavy atom. The van der Waals surface area contributed by atoms with Crippen LogP contribution < -0.4 is 20.2 Å². The van der Waals surface area contributed by atoms with Crippen LogP contribution in [0.2, 0.25) is 0 Å². The van der Waals surface area contributed by atoms with Gasteiger partial charge >= 0.3 is 11.8 Å². The normalized spacial score (nSPS) is 10.5. The molecular formula is C21H25N3O4. The van der Waals surface area contributed by atoms with Crippen molar-refractivity contribution in [3.8, 4) is 11.5 Å². The second-order valence-electron chi connectivity index (χ2n) is 5.88. The Balaban J connectivity index is 1.79. The molecule has 0 aromatic heterocycles. The number of hydrogen-bond acceptors (Lipinski definition) is 5. The Bertz CT molecular complexity index is 786. The summed E-state index contributed by atoms with van der Waals surface area (Å²) in [5, 5.41) is 6.30. The second kappa shape index (κ2) is 11.4. The molecule has 0 bridgehead atoms. The molecule has 148 valence electrons. The second-order valence-corrected chi connectivity index (χ2v) is 5.88. The zero-order chi connectivity index (χ0) is 20.2. The van der Waals surface area contributed by atoms with Gasteiger partial charge in [0.15, 0.2) is 0 Å². The highest BCUT2D eigenvalue weighted by Crippen LogP contribution is 2.15. The van der Waals surface area contributed by atoms with Gasteiger partial charge in [0.05, 0.1) is 19.4 Å². The number of hydrogen-bond donors (Lipinski definition) is 2. The molecule has 0 saturated carbocycles. The van der Waals surface area contributed by atoms with Gasteiger partial charge in [-0.15, -0.1) is 0 Å². The fourth-order valence-electron chi connectivity index (χ4n) is 2.19. The monoisotopic (exact) mass is 383 g/mol. The van der Waals surface area contributed by atoms with Crippen molar-refractivity contribution in [2.75, 3.05) is 18.5 Å². The van der Waals surface area contributed by atoms with Gasteiger partial charge in [0, 0.05) is 5.69 Å². The molecule has 28 heavy (non-hydrogen) atoms. The Hall–Kier alpha value is -3.35. The van der Waals surface area contributed by atoms with E-state index in [0.717, 1.165) is 24.2 Å². The summed E-state index contributed by atoms with van der Waals surface area (Å²) < 4.78 is 10.9. The minimum Gasteiger partial charge on any atom is -0.494 e. The van der Waals surface area contributed by atoms with Gasteiger partial charge in [-0.1, -0.05) is 13.3 Å². The molecule has 2 N–H and O–H groups in total. The third-order valence-corrected chi connectivity index (χ3v) is 3.66. The van der Waals surface area contributed by atoms with E-state index in [1.54, 1.807) is 24.3 Å². The minimum atomic E-state index is -0.857. The molecular weight excluding hydrogens is 358 g/mol. The topological polar surface area (TPSA) is 89.0 Å². The van der Waals surface area contributed by atoms with E-state index in [0.29, 0.717) is 24.7 Å². The van der Waals surface area contributed by atoms with E-state index in [-0.39, 0.29) is 0 Å². The zero-order valence-electron chi connectivity index (χ0n) is 16.1. The molecule has 0 heterocycles. The summed E-state index contributed by atoms with van der Waals surface area (Å²) in [5.74, 6) is -0.189. The smallest absolute Gasteiger partial charge is 0.329 e. The lowest BCUT2D eigenvalue weighted by Gasteiger charge is -2.06. The van der Waals surface area contributed by atoms with Crippen LogP contribution in [-0.2, 0) is 9.59 Å². The van der Waals surface area contributed by atoms with E-state index in [1.807, 2.05) is 31.2 Å². The van der Waals surface area contributed by atoms with Gasteiger partial charge in [-0.25, -0.2) is 5.43 Å². The Labute approximate surface area is 164 Å². The highest BCUT2D eigenvalue weighted by molar-refractivity contribution is 6.39. The fraction of sp³-hybridized carbons (Fsp3) is 0.286. The SMILES string of the molecule is CCCCOc1ccc(/C=N/NC(=O)C(=O)Nc2ccc(OCC)cc2)cc1. The van der Waals surface area contributed by atoms with Crippen molar-refractivity contribution in [1.29, 1.82) is 0 Å². The fourth-order valence-corrected chi connectivity index (χ4v) is 2.19. The summed E-state index contributed by atoms with van der Waals surface area (Å²) in [6.07, 6.45) is 3.54. The number of nitrogens with one attached hydrogen (secondary N) is 2. The summed E-state index contributed by atoms with van der Waals surface area (Å²) in [6, 6.07) is 14.0. The molecule has 0 atom stereocenters. The molecule has 2 aromatic carbocycles. The molecule has 0 radical (unpaired) electrons. The van der Waals surface area contributed by atoms with Crippen LogP contribution in [0.25, 0.3) is 0 Å². The number of nitrogens with zero attached hydrogens (tertiary/aromatic N) is 1. The van der Waals surface area contributed by atoms with Gasteiger partial charge in [0.2, 0.25) is 0 Å². The van der Waals surface area contributed by atoms with Crippen molar-refractivity contribution < 1.29 is 19.1 Å². The molecule has 0 unspecified atom stereocenters. The van der Waals surface area contributed by atoms with Crippen LogP contribution in [-0.4, -0.2) is 31.2 Å². The van der Waals surface area contributed by atoms with Gasteiger partial charge in [0.25, 0.3) is 0 Å². The molecule has 0 saturated heterocycles. The van der Waals surface area contributed by atoms with Crippen LogP contribution in [0.1, 0.15) is 32.3 Å². The van der Waals surface area contributed by atoms with Crippen LogP contribution >= 0.6 is 0 Å². The summed E-state index contributed by atoms with van der Waals surface area (Å²) in [7, 11) is 0. The quantitative estimate of drug-likeness (QED) is 0.301. The molecule has 2 amide bonds. The predicted octanol–water partition coefficient (Wildman–Crippen LogP) is 3.35. The lowest BCUT2D eigenvalue weighted by atomic mass is 10.2. The average molecular weight is 383 g/mol. The van der Waals surface area contributed by atoms with Gasteiger partial charge in [0.1, 0.15) is 11.5 Å². The first-order valence-electron chi connectivity index (χ1n) is 9.22. The average Bonchev–Trinajstić information content (AvgIpc) is 2.71. The number of hydrazone groups is 1. The van der Waals surface area contributed by atoms with Gasteiger partial charge in [-0.2, -0.15) is 5.10 Å². The Morgan fingerprint density at radius 1 is 0.929 bits per heavy atom. The largest absolute Gasteiger partial charge is 0.494 e. The van der Waals surface area contributed by atoms with E-state index < -0.39 is 11.8 Å². The van der Waals surface area contributed by atoms with Crippen molar-refractivity contribution in [2.24, 2.45) is 5.10 Å². The number of amides is 2. The molecule has 0 fully saturated rings. The van der Waals surface area contributed by atoms with Crippen molar-refractivity contribution in [1.82, 2.24) is 5.43 Å². The van der Waals surface area contributed by atoms with Crippen LogP contribution in [0.3, 0.4) is 0 Å². The van der Waals surface area contributed by atoms with E-state index in [4.69, 9.17) is 9.47 Å². The molecule has 2 rings (SSSR count). The van der Waals surface area contributed by atoms with E-state index in [2.05, 4.69) is 22.8 Å². The number of carbonyl (C=O) groups is 2. The first kappa shape index (κ1) is 21.0. The predicted molar refractivity (Wildman–Crippen MR) is 109 cm³/mol.